The first-order valence-electron chi connectivity index (χ1n) is 6.45. The van der Waals surface area contributed by atoms with E-state index in [0.717, 1.165) is 6.07 Å². The van der Waals surface area contributed by atoms with Crippen LogP contribution in [0.1, 0.15) is 37.6 Å². The number of carboxylic acids is 1. The minimum Gasteiger partial charge on any atom is -0.481 e. The molecule has 0 aliphatic carbocycles. The lowest BCUT2D eigenvalue weighted by atomic mass is 9.78. The van der Waals surface area contributed by atoms with E-state index < -0.39 is 17.7 Å². The smallest absolute Gasteiger partial charge is 0.303 e. The average molecular weight is 281 g/mol. The summed E-state index contributed by atoms with van der Waals surface area (Å²) in [5.41, 5.74) is -0.0128. The molecule has 4 nitrogen and oxygen atoms in total. The second-order valence-electron chi connectivity index (χ2n) is 5.88. The molecule has 0 saturated heterocycles. The SMILES string of the molecule is CC(C)(C)C(CNC(=O)c1cccc(F)c1)CC(=O)O. The molecule has 110 valence electrons. The van der Waals surface area contributed by atoms with E-state index in [4.69, 9.17) is 5.11 Å². The zero-order chi connectivity index (χ0) is 15.3. The first-order chi connectivity index (χ1) is 9.20. The molecule has 1 atom stereocenters. The molecule has 0 aromatic heterocycles. The molecule has 20 heavy (non-hydrogen) atoms. The second kappa shape index (κ2) is 6.50. The van der Waals surface area contributed by atoms with Gasteiger partial charge in [0.05, 0.1) is 6.42 Å². The number of nitrogens with one attached hydrogen (secondary N) is 1. The number of rotatable bonds is 5. The van der Waals surface area contributed by atoms with Crippen molar-refractivity contribution in [3.63, 3.8) is 0 Å². The van der Waals surface area contributed by atoms with Crippen LogP contribution in [0.5, 0.6) is 0 Å². The maximum Gasteiger partial charge on any atom is 0.303 e. The van der Waals surface area contributed by atoms with E-state index in [-0.39, 0.29) is 29.9 Å². The minimum atomic E-state index is -0.898. The van der Waals surface area contributed by atoms with Gasteiger partial charge in [0.25, 0.3) is 5.91 Å². The fourth-order valence-corrected chi connectivity index (χ4v) is 1.84. The Morgan fingerprint density at radius 3 is 2.50 bits per heavy atom. The quantitative estimate of drug-likeness (QED) is 0.872. The fraction of sp³-hybridized carbons (Fsp3) is 0.467. The molecule has 1 aromatic carbocycles. The van der Waals surface area contributed by atoms with Crippen molar-refractivity contribution in [2.75, 3.05) is 6.54 Å². The monoisotopic (exact) mass is 281 g/mol. The highest BCUT2D eigenvalue weighted by Crippen LogP contribution is 2.28. The molecule has 0 aliphatic rings. The number of hydrogen-bond acceptors (Lipinski definition) is 2. The van der Waals surface area contributed by atoms with Gasteiger partial charge in [-0.25, -0.2) is 4.39 Å². The lowest BCUT2D eigenvalue weighted by Crippen LogP contribution is -2.36. The van der Waals surface area contributed by atoms with Crippen LogP contribution in [-0.4, -0.2) is 23.5 Å². The molecule has 2 N–H and O–H groups in total. The molecular weight excluding hydrogens is 261 g/mol. The molecule has 1 rings (SSSR count). The highest BCUT2D eigenvalue weighted by atomic mass is 19.1. The van der Waals surface area contributed by atoms with Gasteiger partial charge in [0.1, 0.15) is 5.82 Å². The van der Waals surface area contributed by atoms with Crippen LogP contribution in [0.4, 0.5) is 4.39 Å². The number of carbonyl (C=O) groups is 2. The summed E-state index contributed by atoms with van der Waals surface area (Å²) in [4.78, 5) is 22.7. The minimum absolute atomic E-state index is 0.0209. The first kappa shape index (κ1) is 16.1. The van der Waals surface area contributed by atoms with Crippen molar-refractivity contribution >= 4 is 11.9 Å². The van der Waals surface area contributed by atoms with Crippen LogP contribution in [0.3, 0.4) is 0 Å². The van der Waals surface area contributed by atoms with Gasteiger partial charge >= 0.3 is 5.97 Å². The predicted octanol–water partition coefficient (Wildman–Crippen LogP) is 2.69. The second-order valence-corrected chi connectivity index (χ2v) is 5.88. The summed E-state index contributed by atoms with van der Waals surface area (Å²) in [5.74, 6) is -1.97. The van der Waals surface area contributed by atoms with Gasteiger partial charge in [-0.05, 0) is 29.5 Å². The zero-order valence-corrected chi connectivity index (χ0v) is 11.9. The van der Waals surface area contributed by atoms with Gasteiger partial charge in [0.2, 0.25) is 0 Å². The summed E-state index contributed by atoms with van der Waals surface area (Å²) in [7, 11) is 0. The first-order valence-corrected chi connectivity index (χ1v) is 6.45. The summed E-state index contributed by atoms with van der Waals surface area (Å²) < 4.78 is 13.0. The Balaban J connectivity index is 2.68. The van der Waals surface area contributed by atoms with E-state index in [9.17, 15) is 14.0 Å². The van der Waals surface area contributed by atoms with E-state index in [1.807, 2.05) is 20.8 Å². The maximum atomic E-state index is 13.0. The van der Waals surface area contributed by atoms with Crippen molar-refractivity contribution in [3.8, 4) is 0 Å². The molecule has 1 aromatic rings. The van der Waals surface area contributed by atoms with E-state index in [2.05, 4.69) is 5.32 Å². The lowest BCUT2D eigenvalue weighted by molar-refractivity contribution is -0.139. The molecule has 1 unspecified atom stereocenters. The summed E-state index contributed by atoms with van der Waals surface area (Å²) in [6.07, 6.45) is -0.0209. The molecule has 0 fully saturated rings. The third kappa shape index (κ3) is 4.99. The summed E-state index contributed by atoms with van der Waals surface area (Å²) in [6.45, 7) is 6.02. The van der Waals surface area contributed by atoms with E-state index in [1.54, 1.807) is 0 Å². The van der Waals surface area contributed by atoms with E-state index in [1.165, 1.54) is 18.2 Å². The van der Waals surface area contributed by atoms with Crippen molar-refractivity contribution in [3.05, 3.63) is 35.6 Å². The van der Waals surface area contributed by atoms with E-state index >= 15 is 0 Å². The Morgan fingerprint density at radius 2 is 2.00 bits per heavy atom. The van der Waals surface area contributed by atoms with Crippen LogP contribution in [0.15, 0.2) is 24.3 Å². The number of aliphatic carboxylic acids is 1. The van der Waals surface area contributed by atoms with Gasteiger partial charge in [0.15, 0.2) is 0 Å². The molecule has 0 bridgehead atoms. The van der Waals surface area contributed by atoms with Gasteiger partial charge in [0, 0.05) is 12.1 Å². The number of benzene rings is 1. The number of amides is 1. The number of carbonyl (C=O) groups excluding carboxylic acids is 1. The van der Waals surface area contributed by atoms with Crippen molar-refractivity contribution < 1.29 is 19.1 Å². The Hall–Kier alpha value is -1.91. The third-order valence-electron chi connectivity index (χ3n) is 3.24. The topological polar surface area (TPSA) is 66.4 Å². The number of hydrogen-bond donors (Lipinski definition) is 2. The third-order valence-corrected chi connectivity index (χ3v) is 3.24. The van der Waals surface area contributed by atoms with Gasteiger partial charge < -0.3 is 10.4 Å². The average Bonchev–Trinajstić information content (AvgIpc) is 2.32. The van der Waals surface area contributed by atoms with Crippen LogP contribution in [0.2, 0.25) is 0 Å². The van der Waals surface area contributed by atoms with Crippen LogP contribution >= 0.6 is 0 Å². The molecule has 0 heterocycles. The van der Waals surface area contributed by atoms with Crippen molar-refractivity contribution in [2.45, 2.75) is 27.2 Å². The summed E-state index contributed by atoms with van der Waals surface area (Å²) in [6, 6.07) is 5.39. The fourth-order valence-electron chi connectivity index (χ4n) is 1.84. The van der Waals surface area contributed by atoms with Crippen LogP contribution < -0.4 is 5.32 Å². The molecular formula is C15H20FNO3. The largest absolute Gasteiger partial charge is 0.481 e. The molecule has 5 heteroatoms. The van der Waals surface area contributed by atoms with Crippen LogP contribution in [-0.2, 0) is 4.79 Å². The molecule has 0 aliphatic heterocycles. The lowest BCUT2D eigenvalue weighted by Gasteiger charge is -2.29. The number of halogens is 1. The zero-order valence-electron chi connectivity index (χ0n) is 11.9. The summed E-state index contributed by atoms with van der Waals surface area (Å²) >= 11 is 0. The predicted molar refractivity (Wildman–Crippen MR) is 73.9 cm³/mol. The summed E-state index contributed by atoms with van der Waals surface area (Å²) in [5, 5.41) is 11.6. The van der Waals surface area contributed by atoms with Gasteiger partial charge in [-0.2, -0.15) is 0 Å². The molecule has 0 saturated carbocycles. The Labute approximate surface area is 118 Å². The molecule has 0 spiro atoms. The Bertz CT molecular complexity index is 494. The van der Waals surface area contributed by atoms with Crippen LogP contribution in [0.25, 0.3) is 0 Å². The van der Waals surface area contributed by atoms with E-state index in [0.29, 0.717) is 0 Å². The molecule has 1 amide bonds. The van der Waals surface area contributed by atoms with Gasteiger partial charge in [-0.1, -0.05) is 26.8 Å². The highest BCUT2D eigenvalue weighted by Gasteiger charge is 2.27. The Morgan fingerprint density at radius 1 is 1.35 bits per heavy atom. The normalized spacial score (nSPS) is 12.8. The van der Waals surface area contributed by atoms with Gasteiger partial charge in [-0.3, -0.25) is 9.59 Å². The maximum absolute atomic E-state index is 13.0. The highest BCUT2D eigenvalue weighted by molar-refractivity contribution is 5.94. The van der Waals surface area contributed by atoms with Crippen molar-refractivity contribution in [1.29, 1.82) is 0 Å². The Kier molecular flexibility index (Phi) is 5.25. The standard InChI is InChI=1S/C15H20FNO3/c1-15(2,3)11(8-13(18)19)9-17-14(20)10-5-4-6-12(16)7-10/h4-7,11H,8-9H2,1-3H3,(H,17,20)(H,18,19). The number of carboxylic acid groups (broad SMARTS) is 1. The van der Waals surface area contributed by atoms with Crippen molar-refractivity contribution in [2.24, 2.45) is 11.3 Å². The van der Waals surface area contributed by atoms with Crippen LogP contribution in [0, 0.1) is 17.2 Å². The molecule has 0 radical (unpaired) electrons. The van der Waals surface area contributed by atoms with Gasteiger partial charge in [-0.15, -0.1) is 0 Å². The van der Waals surface area contributed by atoms with Crippen molar-refractivity contribution in [1.82, 2.24) is 5.32 Å².